The van der Waals surface area contributed by atoms with Crippen molar-refractivity contribution in [1.29, 1.82) is 0 Å². The lowest BCUT2D eigenvalue weighted by Crippen LogP contribution is -2.18. The van der Waals surface area contributed by atoms with Gasteiger partial charge >= 0.3 is 0 Å². The summed E-state index contributed by atoms with van der Waals surface area (Å²) >= 11 is 5.00. The van der Waals surface area contributed by atoms with Crippen molar-refractivity contribution >= 4 is 24.1 Å². The smallest absolute Gasteiger partial charge is 0.264 e. The number of aromatic nitrogens is 2. The SMILES string of the molecule is C=CCn1c(O)c(C=Nc2ccc(OC)cc2)c(=O)[nH]c1=S. The summed E-state index contributed by atoms with van der Waals surface area (Å²) in [6.07, 6.45) is 2.86. The third-order valence-electron chi connectivity index (χ3n) is 2.93. The number of rotatable bonds is 5. The Bertz CT molecular complexity index is 819. The van der Waals surface area contributed by atoms with Gasteiger partial charge in [-0.15, -0.1) is 6.58 Å². The molecule has 0 bridgehead atoms. The molecule has 1 heterocycles. The zero-order valence-corrected chi connectivity index (χ0v) is 12.8. The molecule has 0 aliphatic heterocycles. The van der Waals surface area contributed by atoms with E-state index in [2.05, 4.69) is 16.6 Å². The standard InChI is InChI=1S/C15H15N3O3S/c1-3-8-18-14(20)12(13(19)17-15(18)22)9-16-10-4-6-11(21-2)7-5-10/h3-7,9,20H,1,8H2,2H3,(H,17,19,22). The summed E-state index contributed by atoms with van der Waals surface area (Å²) in [6.45, 7) is 3.87. The molecule has 1 aromatic carbocycles. The van der Waals surface area contributed by atoms with Crippen LogP contribution < -0.4 is 10.3 Å². The molecule has 114 valence electrons. The summed E-state index contributed by atoms with van der Waals surface area (Å²) in [5.74, 6) is 0.463. The van der Waals surface area contributed by atoms with E-state index in [0.29, 0.717) is 11.4 Å². The third kappa shape index (κ3) is 3.32. The second kappa shape index (κ2) is 6.86. The van der Waals surface area contributed by atoms with Crippen molar-refractivity contribution < 1.29 is 9.84 Å². The van der Waals surface area contributed by atoms with Crippen LogP contribution in [0.3, 0.4) is 0 Å². The topological polar surface area (TPSA) is 79.6 Å². The summed E-state index contributed by atoms with van der Waals surface area (Å²) < 4.78 is 6.54. The zero-order valence-electron chi connectivity index (χ0n) is 11.9. The van der Waals surface area contributed by atoms with Crippen molar-refractivity contribution in [3.8, 4) is 11.6 Å². The van der Waals surface area contributed by atoms with Gasteiger partial charge in [0, 0.05) is 12.8 Å². The largest absolute Gasteiger partial charge is 0.497 e. The first-order chi connectivity index (χ1) is 10.6. The van der Waals surface area contributed by atoms with Gasteiger partial charge in [-0.25, -0.2) is 0 Å². The van der Waals surface area contributed by atoms with Crippen molar-refractivity contribution in [2.75, 3.05) is 7.11 Å². The van der Waals surface area contributed by atoms with Crippen LogP contribution in [-0.4, -0.2) is 28.0 Å². The van der Waals surface area contributed by atoms with Crippen LogP contribution in [0.15, 0.2) is 46.7 Å². The number of allylic oxidation sites excluding steroid dienone is 1. The van der Waals surface area contributed by atoms with E-state index in [1.165, 1.54) is 10.8 Å². The van der Waals surface area contributed by atoms with Crippen molar-refractivity contribution in [3.63, 3.8) is 0 Å². The molecule has 0 atom stereocenters. The number of benzene rings is 1. The quantitative estimate of drug-likeness (QED) is 0.504. The number of hydrogen-bond acceptors (Lipinski definition) is 5. The van der Waals surface area contributed by atoms with E-state index >= 15 is 0 Å². The van der Waals surface area contributed by atoms with Gasteiger partial charge in [0.05, 0.1) is 12.8 Å². The number of methoxy groups -OCH3 is 1. The van der Waals surface area contributed by atoms with Crippen molar-refractivity contribution in [3.05, 3.63) is 57.6 Å². The number of hydrogen-bond donors (Lipinski definition) is 2. The lowest BCUT2D eigenvalue weighted by molar-refractivity contribution is 0.413. The van der Waals surface area contributed by atoms with Crippen LogP contribution in [0.25, 0.3) is 0 Å². The highest BCUT2D eigenvalue weighted by atomic mass is 32.1. The lowest BCUT2D eigenvalue weighted by atomic mass is 10.3. The number of H-pyrrole nitrogens is 1. The first-order valence-electron chi connectivity index (χ1n) is 6.42. The molecule has 22 heavy (non-hydrogen) atoms. The minimum atomic E-state index is -0.500. The first kappa shape index (κ1) is 15.7. The Morgan fingerprint density at radius 2 is 2.14 bits per heavy atom. The molecule has 2 aromatic rings. The Hall–Kier alpha value is -2.67. The second-order valence-corrected chi connectivity index (χ2v) is 4.74. The number of aromatic hydroxyl groups is 1. The highest BCUT2D eigenvalue weighted by Crippen LogP contribution is 2.18. The number of nitrogens with zero attached hydrogens (tertiary/aromatic N) is 2. The summed E-state index contributed by atoms with van der Waals surface area (Å²) in [5, 5.41) is 10.2. The molecule has 0 radical (unpaired) electrons. The maximum Gasteiger partial charge on any atom is 0.264 e. The van der Waals surface area contributed by atoms with Crippen molar-refractivity contribution in [2.24, 2.45) is 4.99 Å². The number of aliphatic imine (C=N–C) groups is 1. The maximum absolute atomic E-state index is 11.9. The molecule has 0 amide bonds. The van der Waals surface area contributed by atoms with E-state index in [1.807, 2.05) is 0 Å². The molecule has 0 saturated carbocycles. The van der Waals surface area contributed by atoms with Crippen LogP contribution in [0, 0.1) is 4.77 Å². The molecule has 0 unspecified atom stereocenters. The van der Waals surface area contributed by atoms with Gasteiger partial charge in [-0.05, 0) is 36.5 Å². The Kier molecular flexibility index (Phi) is 4.90. The molecule has 0 fully saturated rings. The first-order valence-corrected chi connectivity index (χ1v) is 6.82. The molecule has 6 nitrogen and oxygen atoms in total. The van der Waals surface area contributed by atoms with Crippen molar-refractivity contribution in [1.82, 2.24) is 9.55 Å². The van der Waals surface area contributed by atoms with Crippen LogP contribution in [0.1, 0.15) is 5.56 Å². The van der Waals surface area contributed by atoms with Gasteiger partial charge in [0.2, 0.25) is 5.88 Å². The van der Waals surface area contributed by atoms with E-state index in [1.54, 1.807) is 37.5 Å². The summed E-state index contributed by atoms with van der Waals surface area (Å²) in [5.41, 5.74) is 0.156. The Balaban J connectivity index is 2.41. The van der Waals surface area contributed by atoms with E-state index in [0.717, 1.165) is 0 Å². The predicted octanol–water partition coefficient (Wildman–Crippen LogP) is 2.56. The number of nitrogens with one attached hydrogen (secondary N) is 1. The molecular weight excluding hydrogens is 302 g/mol. The highest BCUT2D eigenvalue weighted by Gasteiger charge is 2.09. The molecule has 0 spiro atoms. The Labute approximate surface area is 132 Å². The van der Waals surface area contributed by atoms with Crippen LogP contribution >= 0.6 is 12.2 Å². The fraction of sp³-hybridized carbons (Fsp3) is 0.133. The predicted molar refractivity (Wildman–Crippen MR) is 88.0 cm³/mol. The molecule has 0 aliphatic rings. The van der Waals surface area contributed by atoms with Gasteiger partial charge in [0.1, 0.15) is 11.3 Å². The summed E-state index contributed by atoms with van der Waals surface area (Å²) in [4.78, 5) is 18.6. The molecule has 2 N–H and O–H groups in total. The number of aromatic amines is 1. The Morgan fingerprint density at radius 3 is 2.73 bits per heavy atom. The summed E-state index contributed by atoms with van der Waals surface area (Å²) in [7, 11) is 1.57. The third-order valence-corrected chi connectivity index (χ3v) is 3.26. The Morgan fingerprint density at radius 1 is 1.45 bits per heavy atom. The molecule has 0 aliphatic carbocycles. The van der Waals surface area contributed by atoms with Crippen molar-refractivity contribution in [2.45, 2.75) is 6.54 Å². The normalized spacial score (nSPS) is 10.8. The van der Waals surface area contributed by atoms with E-state index in [9.17, 15) is 9.90 Å². The van der Waals surface area contributed by atoms with Gasteiger partial charge in [-0.2, -0.15) is 0 Å². The average Bonchev–Trinajstić information content (AvgIpc) is 2.51. The van der Waals surface area contributed by atoms with Gasteiger partial charge in [-0.3, -0.25) is 19.3 Å². The van der Waals surface area contributed by atoms with Crippen LogP contribution in [-0.2, 0) is 6.54 Å². The van der Waals surface area contributed by atoms with Gasteiger partial charge < -0.3 is 9.84 Å². The molecule has 1 aromatic heterocycles. The van der Waals surface area contributed by atoms with Crippen LogP contribution in [0.5, 0.6) is 11.6 Å². The average molecular weight is 317 g/mol. The number of ether oxygens (including phenoxy) is 1. The molecule has 0 saturated heterocycles. The van der Waals surface area contributed by atoms with Gasteiger partial charge in [-0.1, -0.05) is 6.08 Å². The molecule has 2 rings (SSSR count). The monoisotopic (exact) mass is 317 g/mol. The lowest BCUT2D eigenvalue weighted by Gasteiger charge is -2.08. The molecule has 7 heteroatoms. The zero-order chi connectivity index (χ0) is 16.1. The highest BCUT2D eigenvalue weighted by molar-refractivity contribution is 7.71. The van der Waals surface area contributed by atoms with Crippen LogP contribution in [0.2, 0.25) is 0 Å². The minimum Gasteiger partial charge on any atom is -0.497 e. The minimum absolute atomic E-state index is 0.0336. The van der Waals surface area contributed by atoms with Crippen LogP contribution in [0.4, 0.5) is 5.69 Å². The maximum atomic E-state index is 11.9. The van der Waals surface area contributed by atoms with E-state index in [-0.39, 0.29) is 22.8 Å². The second-order valence-electron chi connectivity index (χ2n) is 4.35. The van der Waals surface area contributed by atoms with Gasteiger partial charge in [0.25, 0.3) is 5.56 Å². The van der Waals surface area contributed by atoms with E-state index in [4.69, 9.17) is 17.0 Å². The fourth-order valence-corrected chi connectivity index (χ4v) is 2.05. The molecular formula is C15H15N3O3S. The van der Waals surface area contributed by atoms with Gasteiger partial charge in [0.15, 0.2) is 4.77 Å². The fourth-order valence-electron chi connectivity index (χ4n) is 1.80. The van der Waals surface area contributed by atoms with E-state index < -0.39 is 5.56 Å². The summed E-state index contributed by atoms with van der Waals surface area (Å²) in [6, 6.07) is 6.97.